The van der Waals surface area contributed by atoms with E-state index in [1.807, 2.05) is 0 Å². The molecule has 0 spiro atoms. The Kier molecular flexibility index (Phi) is 13.9. The predicted octanol–water partition coefficient (Wildman–Crippen LogP) is 9.84. The molecule has 1 atom stereocenters. The van der Waals surface area contributed by atoms with Crippen molar-refractivity contribution in [3.05, 3.63) is 91.0 Å². The molecule has 0 nitrogen and oxygen atoms in total. The Labute approximate surface area is 230 Å². The van der Waals surface area contributed by atoms with Gasteiger partial charge in [-0.25, -0.2) is 0 Å². The van der Waals surface area contributed by atoms with Crippen LogP contribution in [-0.4, -0.2) is 11.0 Å². The predicted molar refractivity (Wildman–Crippen MR) is 168 cm³/mol. The highest BCUT2D eigenvalue weighted by molar-refractivity contribution is 9.09. The summed E-state index contributed by atoms with van der Waals surface area (Å²) >= 11 is 3.86. The normalized spacial score (nSPS) is 12.5. The van der Waals surface area contributed by atoms with Crippen molar-refractivity contribution in [1.29, 1.82) is 0 Å². The summed E-state index contributed by atoms with van der Waals surface area (Å²) in [5.74, 6) is 0. The second kappa shape index (κ2) is 17.1. The third-order valence-corrected chi connectivity index (χ3v) is 12.9. The van der Waals surface area contributed by atoms with Crippen molar-refractivity contribution in [3.63, 3.8) is 0 Å². The third kappa shape index (κ3) is 9.15. The Balaban J connectivity index is 1.48. The molecule has 3 aromatic carbocycles. The van der Waals surface area contributed by atoms with Gasteiger partial charge in [0.2, 0.25) is 0 Å². The molecule has 194 valence electrons. The quantitative estimate of drug-likeness (QED) is 0.0817. The zero-order valence-electron chi connectivity index (χ0n) is 22.5. The van der Waals surface area contributed by atoms with Crippen LogP contribution in [0.4, 0.5) is 0 Å². The maximum atomic E-state index is 3.86. The summed E-state index contributed by atoms with van der Waals surface area (Å²) in [6, 6.07) is 34.0. The molecule has 3 aromatic rings. The Bertz CT molecular complexity index is 829. The van der Waals surface area contributed by atoms with Gasteiger partial charge in [0.1, 0.15) is 23.2 Å². The van der Waals surface area contributed by atoms with Gasteiger partial charge in [-0.3, -0.25) is 0 Å². The van der Waals surface area contributed by atoms with Crippen LogP contribution in [0.25, 0.3) is 0 Å². The third-order valence-electron chi connectivity index (χ3n) is 7.47. The van der Waals surface area contributed by atoms with E-state index < -0.39 is 7.26 Å². The minimum Gasteiger partial charge on any atom is -0.0891 e. The summed E-state index contributed by atoms with van der Waals surface area (Å²) < 4.78 is 0. The SMILES string of the molecule is CCCCC(Br)CCCCCCCCCCC[P+](c1ccccc1)(c1ccccc1)c1ccccc1. The first-order chi connectivity index (χ1) is 17.8. The summed E-state index contributed by atoms with van der Waals surface area (Å²) in [7, 11) is -1.65. The van der Waals surface area contributed by atoms with Crippen molar-refractivity contribution < 1.29 is 0 Å². The van der Waals surface area contributed by atoms with E-state index in [4.69, 9.17) is 0 Å². The topological polar surface area (TPSA) is 0 Å². The van der Waals surface area contributed by atoms with Gasteiger partial charge in [0.05, 0.1) is 6.16 Å². The van der Waals surface area contributed by atoms with E-state index in [1.54, 1.807) is 0 Å². The lowest BCUT2D eigenvalue weighted by molar-refractivity contribution is 0.545. The maximum absolute atomic E-state index is 3.86. The second-order valence-electron chi connectivity index (χ2n) is 10.3. The summed E-state index contributed by atoms with van der Waals surface area (Å²) in [4.78, 5) is 0.745. The van der Waals surface area contributed by atoms with Crippen LogP contribution in [-0.2, 0) is 0 Å². The van der Waals surface area contributed by atoms with E-state index >= 15 is 0 Å². The van der Waals surface area contributed by atoms with Gasteiger partial charge in [-0.2, -0.15) is 0 Å². The molecule has 0 fully saturated rings. The summed E-state index contributed by atoms with van der Waals surface area (Å²) in [5, 5.41) is 4.55. The van der Waals surface area contributed by atoms with Crippen LogP contribution in [0.5, 0.6) is 0 Å². The fourth-order valence-corrected chi connectivity index (χ4v) is 10.5. The van der Waals surface area contributed by atoms with Gasteiger partial charge >= 0.3 is 0 Å². The first-order valence-electron chi connectivity index (χ1n) is 14.5. The van der Waals surface area contributed by atoms with E-state index in [-0.39, 0.29) is 0 Å². The van der Waals surface area contributed by atoms with Crippen LogP contribution in [0, 0.1) is 0 Å². The molecule has 0 aromatic heterocycles. The van der Waals surface area contributed by atoms with Gasteiger partial charge in [0, 0.05) is 4.83 Å². The van der Waals surface area contributed by atoms with Gasteiger partial charge in [-0.05, 0) is 62.1 Å². The maximum Gasteiger partial charge on any atom is 0.112 e. The minimum atomic E-state index is -1.65. The van der Waals surface area contributed by atoms with Crippen LogP contribution in [0.3, 0.4) is 0 Å². The molecule has 0 saturated heterocycles. The van der Waals surface area contributed by atoms with Crippen LogP contribution >= 0.6 is 23.2 Å². The van der Waals surface area contributed by atoms with E-state index in [1.165, 1.54) is 106 Å². The highest BCUT2D eigenvalue weighted by atomic mass is 79.9. The van der Waals surface area contributed by atoms with Gasteiger partial charge in [-0.15, -0.1) is 0 Å². The first-order valence-corrected chi connectivity index (χ1v) is 17.4. The molecule has 36 heavy (non-hydrogen) atoms. The first kappa shape index (κ1) is 29.1. The lowest BCUT2D eigenvalue weighted by Gasteiger charge is -2.27. The second-order valence-corrected chi connectivity index (χ2v) is 15.2. The Morgan fingerprint density at radius 3 is 1.28 bits per heavy atom. The molecule has 3 rings (SSSR count). The molecule has 0 aliphatic rings. The van der Waals surface area contributed by atoms with Gasteiger partial charge in [-0.1, -0.05) is 135 Å². The number of halogens is 1. The van der Waals surface area contributed by atoms with Crippen molar-refractivity contribution in [2.24, 2.45) is 0 Å². The molecule has 0 N–H and O–H groups in total. The molecule has 0 bridgehead atoms. The van der Waals surface area contributed by atoms with Crippen LogP contribution in [0.15, 0.2) is 91.0 Å². The van der Waals surface area contributed by atoms with Crippen LogP contribution in [0.2, 0.25) is 0 Å². The number of rotatable bonds is 18. The molecular weight excluding hydrogens is 519 g/mol. The standard InChI is InChI=1S/C34H47BrP/c1-2-3-22-31(35)23-14-9-7-5-4-6-8-10-21-30-36(32-24-15-11-16-25-32,33-26-17-12-18-27-33)34-28-19-13-20-29-34/h11-13,15-20,24-29,31H,2-10,14,21-23,30H2,1H3/q+1. The van der Waals surface area contributed by atoms with E-state index in [9.17, 15) is 0 Å². The average molecular weight is 567 g/mol. The number of unbranched alkanes of at least 4 members (excludes halogenated alkanes) is 9. The molecule has 2 heteroatoms. The molecule has 0 saturated carbocycles. The molecule has 1 unspecified atom stereocenters. The van der Waals surface area contributed by atoms with Crippen molar-refractivity contribution in [2.45, 2.75) is 95.2 Å². The summed E-state index contributed by atoms with van der Waals surface area (Å²) in [5.41, 5.74) is 0. The van der Waals surface area contributed by atoms with Gasteiger partial charge in [0.15, 0.2) is 0 Å². The fourth-order valence-electron chi connectivity index (χ4n) is 5.40. The number of alkyl halides is 1. The van der Waals surface area contributed by atoms with Crippen LogP contribution in [0.1, 0.15) is 90.4 Å². The minimum absolute atomic E-state index is 0.745. The molecule has 0 heterocycles. The van der Waals surface area contributed by atoms with E-state index in [0.717, 1.165) is 4.83 Å². The lowest BCUT2D eigenvalue weighted by atomic mass is 10.0. The van der Waals surface area contributed by atoms with Crippen molar-refractivity contribution in [2.75, 3.05) is 6.16 Å². The monoisotopic (exact) mass is 565 g/mol. The molecular formula is C34H47BrP+. The van der Waals surface area contributed by atoms with Crippen molar-refractivity contribution in [3.8, 4) is 0 Å². The molecule has 0 aliphatic carbocycles. The van der Waals surface area contributed by atoms with Gasteiger partial charge < -0.3 is 0 Å². The Morgan fingerprint density at radius 2 is 0.861 bits per heavy atom. The molecule has 0 radical (unpaired) electrons. The average Bonchev–Trinajstić information content (AvgIpc) is 2.94. The zero-order chi connectivity index (χ0) is 25.3. The number of hydrogen-bond acceptors (Lipinski definition) is 0. The van der Waals surface area contributed by atoms with Crippen LogP contribution < -0.4 is 15.9 Å². The fraction of sp³-hybridized carbons (Fsp3) is 0.471. The summed E-state index contributed by atoms with van der Waals surface area (Å²) in [6.45, 7) is 2.29. The zero-order valence-corrected chi connectivity index (χ0v) is 24.9. The largest absolute Gasteiger partial charge is 0.112 e. The summed E-state index contributed by atoms with van der Waals surface area (Å²) in [6.07, 6.45) is 19.1. The van der Waals surface area contributed by atoms with E-state index in [0.29, 0.717) is 0 Å². The van der Waals surface area contributed by atoms with Gasteiger partial charge in [0.25, 0.3) is 0 Å². The smallest absolute Gasteiger partial charge is 0.0891 e. The highest BCUT2D eigenvalue weighted by Gasteiger charge is 2.44. The molecule has 0 amide bonds. The Morgan fingerprint density at radius 1 is 0.500 bits per heavy atom. The highest BCUT2D eigenvalue weighted by Crippen LogP contribution is 2.56. The molecule has 0 aliphatic heterocycles. The number of hydrogen-bond donors (Lipinski definition) is 0. The Hall–Kier alpha value is -1.43. The van der Waals surface area contributed by atoms with Crippen molar-refractivity contribution in [1.82, 2.24) is 0 Å². The van der Waals surface area contributed by atoms with Crippen molar-refractivity contribution >= 4 is 39.1 Å². The van der Waals surface area contributed by atoms with E-state index in [2.05, 4.69) is 114 Å². The number of benzene rings is 3. The lowest BCUT2D eigenvalue weighted by Crippen LogP contribution is -2.33.